The second-order valence-electron chi connectivity index (χ2n) is 11.6. The van der Waals surface area contributed by atoms with Crippen LogP contribution in [0.4, 0.5) is 30.4 Å². The van der Waals surface area contributed by atoms with Crippen LogP contribution in [-0.4, -0.2) is 52.8 Å². The molecule has 230 valence electrons. The monoisotopic (exact) mass is 612 g/mol. The van der Waals surface area contributed by atoms with Gasteiger partial charge in [-0.2, -0.15) is 0 Å². The van der Waals surface area contributed by atoms with Crippen molar-refractivity contribution in [3.8, 4) is 28.4 Å². The molecule has 2 fully saturated rings. The highest BCUT2D eigenvalue weighted by molar-refractivity contribution is 5.99. The summed E-state index contributed by atoms with van der Waals surface area (Å²) in [5, 5.41) is 3.54. The average molecular weight is 613 g/mol. The highest BCUT2D eigenvalue weighted by Crippen LogP contribution is 2.44. The number of pyridine rings is 4. The second-order valence-corrected chi connectivity index (χ2v) is 11.6. The third-order valence-corrected chi connectivity index (χ3v) is 8.68. The Morgan fingerprint density at radius 1 is 1.02 bits per heavy atom. The van der Waals surface area contributed by atoms with Gasteiger partial charge >= 0.3 is 0 Å². The fourth-order valence-electron chi connectivity index (χ4n) is 6.13. The molecule has 1 saturated heterocycles. The van der Waals surface area contributed by atoms with Crippen LogP contribution in [0.1, 0.15) is 18.9 Å². The third kappa shape index (κ3) is 5.52. The fraction of sp³-hybridized carbons (Fsp3) is 0.294. The van der Waals surface area contributed by atoms with E-state index < -0.39 is 17.5 Å². The van der Waals surface area contributed by atoms with E-state index in [9.17, 15) is 8.78 Å². The Kier molecular flexibility index (Phi) is 7.48. The summed E-state index contributed by atoms with van der Waals surface area (Å²) in [5.74, 6) is -0.424. The number of benzene rings is 1. The van der Waals surface area contributed by atoms with Crippen molar-refractivity contribution in [2.45, 2.75) is 26.4 Å². The molecule has 3 atom stereocenters. The second kappa shape index (κ2) is 11.6. The number of ether oxygens (including phenoxy) is 2. The molecular weight excluding hydrogens is 581 g/mol. The van der Waals surface area contributed by atoms with E-state index in [1.807, 2.05) is 12.1 Å². The number of nitrogens with one attached hydrogen (secondary N) is 1. The molecule has 4 aromatic heterocycles. The van der Waals surface area contributed by atoms with Crippen LogP contribution < -0.4 is 15.0 Å². The van der Waals surface area contributed by atoms with Crippen molar-refractivity contribution in [1.29, 1.82) is 0 Å². The molecular formula is C34H31F3N6O2. The Labute approximate surface area is 258 Å². The molecule has 1 aliphatic heterocycles. The fourth-order valence-corrected chi connectivity index (χ4v) is 6.13. The number of methoxy groups -OCH3 is 1. The van der Waals surface area contributed by atoms with Gasteiger partial charge < -0.3 is 19.7 Å². The van der Waals surface area contributed by atoms with Crippen molar-refractivity contribution in [3.05, 3.63) is 84.1 Å². The van der Waals surface area contributed by atoms with Crippen molar-refractivity contribution < 1.29 is 22.6 Å². The summed E-state index contributed by atoms with van der Waals surface area (Å²) >= 11 is 0. The normalized spacial score (nSPS) is 19.5. The topological polar surface area (TPSA) is 85.3 Å². The lowest BCUT2D eigenvalue weighted by atomic mass is 10.0. The van der Waals surface area contributed by atoms with Crippen molar-refractivity contribution in [2.75, 3.05) is 37.0 Å². The Morgan fingerprint density at radius 2 is 1.87 bits per heavy atom. The van der Waals surface area contributed by atoms with Crippen LogP contribution in [0.3, 0.4) is 0 Å². The lowest BCUT2D eigenvalue weighted by Gasteiger charge is -2.34. The van der Waals surface area contributed by atoms with Crippen molar-refractivity contribution >= 4 is 28.1 Å². The summed E-state index contributed by atoms with van der Waals surface area (Å²) in [6, 6.07) is 10.6. The van der Waals surface area contributed by atoms with Gasteiger partial charge in [-0.05, 0) is 43.4 Å². The summed E-state index contributed by atoms with van der Waals surface area (Å²) < 4.78 is 56.0. The molecule has 1 aliphatic carbocycles. The van der Waals surface area contributed by atoms with E-state index in [1.54, 1.807) is 31.5 Å². The third-order valence-electron chi connectivity index (χ3n) is 8.68. The van der Waals surface area contributed by atoms with Gasteiger partial charge in [-0.15, -0.1) is 0 Å². The van der Waals surface area contributed by atoms with Crippen LogP contribution >= 0.6 is 0 Å². The number of aromatic nitrogens is 4. The van der Waals surface area contributed by atoms with Crippen LogP contribution in [0, 0.1) is 36.2 Å². The maximum absolute atomic E-state index is 15.6. The van der Waals surface area contributed by atoms with E-state index >= 15 is 4.39 Å². The molecule has 0 spiro atoms. The first-order valence-corrected chi connectivity index (χ1v) is 14.8. The smallest absolute Gasteiger partial charge is 0.250 e. The van der Waals surface area contributed by atoms with Crippen molar-refractivity contribution in [2.24, 2.45) is 11.8 Å². The number of nitrogens with zero attached hydrogens (tertiary/aromatic N) is 5. The minimum absolute atomic E-state index is 0.114. The van der Waals surface area contributed by atoms with E-state index in [4.69, 9.17) is 14.5 Å². The van der Waals surface area contributed by atoms with Crippen LogP contribution in [0.5, 0.6) is 5.88 Å². The average Bonchev–Trinajstić information content (AvgIpc) is 3.79. The predicted molar refractivity (Wildman–Crippen MR) is 166 cm³/mol. The van der Waals surface area contributed by atoms with Gasteiger partial charge in [0, 0.05) is 66.6 Å². The Balaban J connectivity index is 1.39. The molecule has 1 aromatic carbocycles. The van der Waals surface area contributed by atoms with E-state index in [0.717, 1.165) is 12.5 Å². The van der Waals surface area contributed by atoms with E-state index in [-0.39, 0.29) is 22.9 Å². The molecule has 5 heterocycles. The summed E-state index contributed by atoms with van der Waals surface area (Å²) in [4.78, 5) is 20.1. The molecule has 0 bridgehead atoms. The van der Waals surface area contributed by atoms with Gasteiger partial charge in [-0.1, -0.05) is 13.0 Å². The standard InChI is InChI=1S/C34H31F3N6O2/c1-18-10-22(18)29-17-43(8-9-45-29)30-14-27(23(16-39-30)20-11-25(37)34(44-3)40-15-20)41-33-19(2)32(26-6-4-5-7-38-26)42-28-13-21(35)12-24(36)31(28)33/h4-7,11-16,18,22,29H,8-10,17H2,1-3H3,(H,39,41,42)/t18?,22-,29?/m0/s1. The minimum Gasteiger partial charge on any atom is -0.479 e. The molecule has 45 heavy (non-hydrogen) atoms. The SMILES string of the molecule is COc1ncc(-c2cnc(N3CCOC([C@H]4CC4C)C3)cc2Nc2c(C)c(-c3ccccn3)nc3cc(F)cc(F)c23)cc1F. The van der Waals surface area contributed by atoms with Crippen molar-refractivity contribution in [3.63, 3.8) is 0 Å². The van der Waals surface area contributed by atoms with Gasteiger partial charge in [0.15, 0.2) is 5.82 Å². The highest BCUT2D eigenvalue weighted by Gasteiger charge is 2.42. The molecule has 2 unspecified atom stereocenters. The van der Waals surface area contributed by atoms with Gasteiger partial charge in [0.05, 0.1) is 53.5 Å². The number of hydrogen-bond acceptors (Lipinski definition) is 8. The molecule has 1 saturated carbocycles. The lowest BCUT2D eigenvalue weighted by molar-refractivity contribution is 0.0232. The highest BCUT2D eigenvalue weighted by atomic mass is 19.1. The van der Waals surface area contributed by atoms with Gasteiger partial charge in [0.25, 0.3) is 0 Å². The summed E-state index contributed by atoms with van der Waals surface area (Å²) in [7, 11) is 1.35. The molecule has 5 aromatic rings. The lowest BCUT2D eigenvalue weighted by Crippen LogP contribution is -2.44. The van der Waals surface area contributed by atoms with Gasteiger partial charge in [0.2, 0.25) is 5.88 Å². The Bertz CT molecular complexity index is 1910. The minimum atomic E-state index is -0.766. The Morgan fingerprint density at radius 3 is 2.60 bits per heavy atom. The number of anilines is 3. The Hall–Kier alpha value is -4.77. The molecule has 1 N–H and O–H groups in total. The molecule has 2 aliphatic rings. The molecule has 0 radical (unpaired) electrons. The first-order chi connectivity index (χ1) is 21.8. The molecule has 11 heteroatoms. The number of fused-ring (bicyclic) bond motifs is 1. The van der Waals surface area contributed by atoms with E-state index in [2.05, 4.69) is 32.1 Å². The summed E-state index contributed by atoms with van der Waals surface area (Å²) in [6.45, 7) is 5.95. The zero-order chi connectivity index (χ0) is 31.2. The van der Waals surface area contributed by atoms with E-state index in [0.29, 0.717) is 76.8 Å². The first kappa shape index (κ1) is 29.0. The maximum Gasteiger partial charge on any atom is 0.250 e. The summed E-state index contributed by atoms with van der Waals surface area (Å²) in [5.41, 5.74) is 3.63. The number of morpholine rings is 1. The van der Waals surface area contributed by atoms with Gasteiger partial charge in [-0.3, -0.25) is 4.98 Å². The van der Waals surface area contributed by atoms with Gasteiger partial charge in [0.1, 0.15) is 17.5 Å². The van der Waals surface area contributed by atoms with Crippen LogP contribution in [0.2, 0.25) is 0 Å². The largest absolute Gasteiger partial charge is 0.479 e. The molecule has 8 nitrogen and oxygen atoms in total. The van der Waals surface area contributed by atoms with E-state index in [1.165, 1.54) is 25.4 Å². The quantitative estimate of drug-likeness (QED) is 0.209. The van der Waals surface area contributed by atoms with Crippen LogP contribution in [-0.2, 0) is 4.74 Å². The number of rotatable bonds is 7. The number of halogens is 3. The van der Waals surface area contributed by atoms with Crippen molar-refractivity contribution in [1.82, 2.24) is 19.9 Å². The van der Waals surface area contributed by atoms with Gasteiger partial charge in [-0.25, -0.2) is 28.1 Å². The summed E-state index contributed by atoms with van der Waals surface area (Å²) in [6.07, 6.45) is 6.04. The van der Waals surface area contributed by atoms with Crippen LogP contribution in [0.15, 0.2) is 61.1 Å². The van der Waals surface area contributed by atoms with Crippen LogP contribution in [0.25, 0.3) is 33.4 Å². The molecule has 7 rings (SSSR count). The number of hydrogen-bond donors (Lipinski definition) is 1. The first-order valence-electron chi connectivity index (χ1n) is 14.8. The zero-order valence-corrected chi connectivity index (χ0v) is 25.0. The maximum atomic E-state index is 15.6. The molecule has 0 amide bonds. The zero-order valence-electron chi connectivity index (χ0n) is 25.0. The predicted octanol–water partition coefficient (Wildman–Crippen LogP) is 7.09.